The van der Waals surface area contributed by atoms with E-state index in [4.69, 9.17) is 33.9 Å². The first kappa shape index (κ1) is 14.8. The van der Waals surface area contributed by atoms with Gasteiger partial charge < -0.3 is 5.43 Å². The Bertz CT molecular complexity index is 530. The van der Waals surface area contributed by atoms with Crippen molar-refractivity contribution in [1.29, 1.82) is 10.5 Å². The van der Waals surface area contributed by atoms with Crippen molar-refractivity contribution in [2.75, 3.05) is 5.43 Å². The minimum absolute atomic E-state index is 0.372. The molecule has 1 aromatic rings. The van der Waals surface area contributed by atoms with E-state index >= 15 is 0 Å². The fourth-order valence-electron chi connectivity index (χ4n) is 0.894. The zero-order valence-corrected chi connectivity index (χ0v) is 9.14. The van der Waals surface area contributed by atoms with Gasteiger partial charge in [-0.05, 0) is 12.1 Å². The molecule has 0 aliphatic rings. The van der Waals surface area contributed by atoms with Crippen LogP contribution < -0.4 is 11.3 Å². The number of anilines is 1. The molecule has 90 valence electrons. The summed E-state index contributed by atoms with van der Waals surface area (Å²) < 4.78 is 31.6. The Hall–Kier alpha value is -2.17. The predicted octanol–water partition coefficient (Wildman–Crippen LogP) is 0.0628. The van der Waals surface area contributed by atoms with Crippen molar-refractivity contribution >= 4 is 16.1 Å². The normalized spacial score (nSPS) is 9.24. The topological polar surface area (TPSA) is 160 Å². The lowest BCUT2D eigenvalue weighted by molar-refractivity contribution is 0.381. The molecule has 8 nitrogen and oxygen atoms in total. The summed E-state index contributed by atoms with van der Waals surface area (Å²) in [7, 11) is -4.67. The van der Waals surface area contributed by atoms with Crippen molar-refractivity contribution in [1.82, 2.24) is 0 Å². The summed E-state index contributed by atoms with van der Waals surface area (Å²) in [6, 6.07) is 8.68. The average molecular weight is 256 g/mol. The number of benzene rings is 1. The second-order valence-corrected chi connectivity index (χ2v) is 3.44. The van der Waals surface area contributed by atoms with E-state index < -0.39 is 10.4 Å². The minimum Gasteiger partial charge on any atom is -0.322 e. The molecule has 0 atom stereocenters. The molecule has 0 aromatic heterocycles. The highest BCUT2D eigenvalue weighted by molar-refractivity contribution is 7.79. The first-order valence-corrected chi connectivity index (χ1v) is 5.33. The number of nitrogen functional groups attached to an aromatic ring is 1. The molecule has 0 saturated carbocycles. The summed E-state index contributed by atoms with van der Waals surface area (Å²) in [5, 5.41) is 17.2. The molecule has 0 bridgehead atoms. The van der Waals surface area contributed by atoms with Crippen molar-refractivity contribution in [3.8, 4) is 12.1 Å². The molecule has 1 rings (SSSR count). The SMILES string of the molecule is N#Cc1cccc(C#N)c1NN.O=S(=O)(O)O. The maximum atomic E-state index is 8.74. The van der Waals surface area contributed by atoms with Crippen LogP contribution in [-0.4, -0.2) is 17.5 Å². The predicted molar refractivity (Wildman–Crippen MR) is 57.9 cm³/mol. The smallest absolute Gasteiger partial charge is 0.322 e. The first-order valence-electron chi connectivity index (χ1n) is 3.93. The van der Waals surface area contributed by atoms with Gasteiger partial charge in [-0.15, -0.1) is 0 Å². The van der Waals surface area contributed by atoms with Gasteiger partial charge in [0.25, 0.3) is 0 Å². The Morgan fingerprint density at radius 3 is 1.76 bits per heavy atom. The summed E-state index contributed by atoms with van der Waals surface area (Å²) in [5.74, 6) is 5.15. The standard InChI is InChI=1S/C8H6N4.H2O4S/c9-4-6-2-1-3-7(5-10)8(6)12-11;1-5(2,3)4/h1-3,12H,11H2;(H2,1,2,3,4). The molecule has 9 heteroatoms. The van der Waals surface area contributed by atoms with Crippen LogP contribution in [-0.2, 0) is 10.4 Å². The molecule has 0 aliphatic carbocycles. The van der Waals surface area contributed by atoms with Gasteiger partial charge in [-0.1, -0.05) is 6.07 Å². The Labute approximate surface area is 97.4 Å². The third-order valence-corrected chi connectivity index (χ3v) is 1.45. The van der Waals surface area contributed by atoms with Crippen LogP contribution in [0.3, 0.4) is 0 Å². The van der Waals surface area contributed by atoms with Crippen LogP contribution in [0.5, 0.6) is 0 Å². The number of nitrogens with zero attached hydrogens (tertiary/aromatic N) is 2. The van der Waals surface area contributed by atoms with E-state index in [1.807, 2.05) is 12.1 Å². The summed E-state index contributed by atoms with van der Waals surface area (Å²) >= 11 is 0. The summed E-state index contributed by atoms with van der Waals surface area (Å²) in [6.45, 7) is 0. The molecule has 1 aromatic carbocycles. The molecular weight excluding hydrogens is 248 g/mol. The highest BCUT2D eigenvalue weighted by atomic mass is 32.3. The molecule has 0 amide bonds. The van der Waals surface area contributed by atoms with E-state index in [9.17, 15) is 0 Å². The van der Waals surface area contributed by atoms with Gasteiger partial charge in [-0.25, -0.2) is 0 Å². The van der Waals surface area contributed by atoms with Crippen LogP contribution in [0.1, 0.15) is 11.1 Å². The van der Waals surface area contributed by atoms with E-state index in [-0.39, 0.29) is 0 Å². The van der Waals surface area contributed by atoms with E-state index in [0.717, 1.165) is 0 Å². The van der Waals surface area contributed by atoms with Gasteiger partial charge in [-0.3, -0.25) is 14.9 Å². The first-order chi connectivity index (χ1) is 7.83. The van der Waals surface area contributed by atoms with Crippen molar-refractivity contribution in [3.05, 3.63) is 29.3 Å². The third-order valence-electron chi connectivity index (χ3n) is 1.45. The molecule has 0 unspecified atom stereocenters. The number of hydrazine groups is 1. The molecule has 0 heterocycles. The number of hydrogen-bond acceptors (Lipinski definition) is 6. The zero-order valence-electron chi connectivity index (χ0n) is 8.32. The quantitative estimate of drug-likeness (QED) is 0.311. The summed E-state index contributed by atoms with van der Waals surface area (Å²) in [5.41, 5.74) is 3.44. The van der Waals surface area contributed by atoms with Gasteiger partial charge in [0.1, 0.15) is 12.1 Å². The second-order valence-electron chi connectivity index (χ2n) is 2.54. The van der Waals surface area contributed by atoms with Crippen LogP contribution in [0.25, 0.3) is 0 Å². The minimum atomic E-state index is -4.67. The number of para-hydroxylation sites is 1. The van der Waals surface area contributed by atoms with E-state index in [1.54, 1.807) is 18.2 Å². The fraction of sp³-hybridized carbons (Fsp3) is 0. The van der Waals surface area contributed by atoms with Gasteiger partial charge >= 0.3 is 10.4 Å². The number of nitriles is 2. The Kier molecular flexibility index (Phi) is 5.60. The molecule has 0 fully saturated rings. The maximum absolute atomic E-state index is 8.74. The zero-order chi connectivity index (χ0) is 13.5. The van der Waals surface area contributed by atoms with Crippen LogP contribution in [0.4, 0.5) is 5.69 Å². The highest BCUT2D eigenvalue weighted by Gasteiger charge is 2.04. The van der Waals surface area contributed by atoms with Gasteiger partial charge in [0.15, 0.2) is 0 Å². The van der Waals surface area contributed by atoms with Crippen LogP contribution >= 0.6 is 0 Å². The second kappa shape index (κ2) is 6.42. The third kappa shape index (κ3) is 6.09. The largest absolute Gasteiger partial charge is 0.394 e. The molecule has 0 aliphatic heterocycles. The molecule has 0 saturated heterocycles. The van der Waals surface area contributed by atoms with Crippen molar-refractivity contribution in [2.24, 2.45) is 5.84 Å². The molecule has 17 heavy (non-hydrogen) atoms. The summed E-state index contributed by atoms with van der Waals surface area (Å²) in [6.07, 6.45) is 0. The van der Waals surface area contributed by atoms with Crippen molar-refractivity contribution < 1.29 is 17.5 Å². The average Bonchev–Trinajstić information content (AvgIpc) is 2.25. The molecule has 0 spiro atoms. The van der Waals surface area contributed by atoms with Crippen LogP contribution in [0.15, 0.2) is 18.2 Å². The Morgan fingerprint density at radius 1 is 1.18 bits per heavy atom. The van der Waals surface area contributed by atoms with Crippen molar-refractivity contribution in [3.63, 3.8) is 0 Å². The lowest BCUT2D eigenvalue weighted by Crippen LogP contribution is -2.09. The lowest BCUT2D eigenvalue weighted by Gasteiger charge is -2.03. The van der Waals surface area contributed by atoms with E-state index in [0.29, 0.717) is 16.8 Å². The lowest BCUT2D eigenvalue weighted by atomic mass is 10.1. The molecular formula is C8H8N4O4S. The Morgan fingerprint density at radius 2 is 1.53 bits per heavy atom. The number of rotatable bonds is 1. The fourth-order valence-corrected chi connectivity index (χ4v) is 0.894. The van der Waals surface area contributed by atoms with Gasteiger partial charge in [0.2, 0.25) is 0 Å². The van der Waals surface area contributed by atoms with Crippen LogP contribution in [0.2, 0.25) is 0 Å². The van der Waals surface area contributed by atoms with Gasteiger partial charge in [0, 0.05) is 0 Å². The van der Waals surface area contributed by atoms with E-state index in [2.05, 4.69) is 5.43 Å². The number of nitrogens with two attached hydrogens (primary N) is 1. The molecule has 0 radical (unpaired) electrons. The van der Waals surface area contributed by atoms with Gasteiger partial charge in [0.05, 0.1) is 16.8 Å². The maximum Gasteiger partial charge on any atom is 0.394 e. The highest BCUT2D eigenvalue weighted by Crippen LogP contribution is 2.17. The number of nitrogens with one attached hydrogen (secondary N) is 1. The summed E-state index contributed by atoms with van der Waals surface area (Å²) in [4.78, 5) is 0. The molecule has 5 N–H and O–H groups in total. The van der Waals surface area contributed by atoms with E-state index in [1.165, 1.54) is 0 Å². The Balaban J connectivity index is 0.000000437. The monoisotopic (exact) mass is 256 g/mol. The van der Waals surface area contributed by atoms with Crippen LogP contribution in [0, 0.1) is 22.7 Å². The number of hydrogen-bond donors (Lipinski definition) is 4. The van der Waals surface area contributed by atoms with Gasteiger partial charge in [-0.2, -0.15) is 18.9 Å². The van der Waals surface area contributed by atoms with Crippen molar-refractivity contribution in [2.45, 2.75) is 0 Å².